The first-order chi connectivity index (χ1) is 13.7. The standard InChI is InChI=1S/C17H10N4O8/c22-15-12(16(23)19-17(24)18-15)7-9-1-4-11(5-2-9)29-14-6-3-10(20(25)26)8-13(14)21(27)28/h1-8H,(H2,18,19,22,23,24). The second-order valence-electron chi connectivity index (χ2n) is 5.63. The largest absolute Gasteiger partial charge is 0.450 e. The number of nitro groups is 2. The summed E-state index contributed by atoms with van der Waals surface area (Å²) in [4.78, 5) is 54.8. The second kappa shape index (κ2) is 7.56. The predicted octanol–water partition coefficient (Wildman–Crippen LogP) is 2.04. The van der Waals surface area contributed by atoms with Gasteiger partial charge in [0.25, 0.3) is 17.5 Å². The van der Waals surface area contributed by atoms with Crippen LogP contribution >= 0.6 is 0 Å². The van der Waals surface area contributed by atoms with Crippen molar-refractivity contribution in [3.05, 3.63) is 73.8 Å². The lowest BCUT2D eigenvalue weighted by Crippen LogP contribution is -2.51. The first-order valence-corrected chi connectivity index (χ1v) is 7.83. The fraction of sp³-hybridized carbons (Fsp3) is 0. The number of rotatable bonds is 5. The summed E-state index contributed by atoms with van der Waals surface area (Å²) in [7, 11) is 0. The van der Waals surface area contributed by atoms with E-state index < -0.39 is 39.1 Å². The summed E-state index contributed by atoms with van der Waals surface area (Å²) in [6, 6.07) is 7.83. The van der Waals surface area contributed by atoms with Gasteiger partial charge in [0, 0.05) is 6.07 Å². The summed E-state index contributed by atoms with van der Waals surface area (Å²) in [6.07, 6.45) is 1.25. The third kappa shape index (κ3) is 4.21. The Morgan fingerprint density at radius 3 is 2.03 bits per heavy atom. The Kier molecular flexibility index (Phi) is 4.99. The molecule has 29 heavy (non-hydrogen) atoms. The molecule has 0 bridgehead atoms. The number of nitrogens with one attached hydrogen (secondary N) is 2. The smallest absolute Gasteiger partial charge is 0.328 e. The number of amides is 4. The van der Waals surface area contributed by atoms with Crippen molar-refractivity contribution in [1.29, 1.82) is 0 Å². The number of benzene rings is 2. The van der Waals surface area contributed by atoms with Crippen molar-refractivity contribution >= 4 is 35.3 Å². The van der Waals surface area contributed by atoms with Crippen molar-refractivity contribution in [2.45, 2.75) is 0 Å². The maximum atomic E-state index is 11.7. The molecule has 1 saturated heterocycles. The zero-order valence-electron chi connectivity index (χ0n) is 14.3. The first-order valence-electron chi connectivity index (χ1n) is 7.83. The molecule has 146 valence electrons. The van der Waals surface area contributed by atoms with Crippen molar-refractivity contribution in [1.82, 2.24) is 10.6 Å². The van der Waals surface area contributed by atoms with E-state index in [1.54, 1.807) is 0 Å². The fourth-order valence-corrected chi connectivity index (χ4v) is 2.38. The van der Waals surface area contributed by atoms with Gasteiger partial charge in [0.2, 0.25) is 5.75 Å². The number of carbonyl (C=O) groups excluding carboxylic acids is 3. The topological polar surface area (TPSA) is 171 Å². The molecule has 4 amide bonds. The van der Waals surface area contributed by atoms with Crippen LogP contribution in [0.2, 0.25) is 0 Å². The highest BCUT2D eigenvalue weighted by Gasteiger charge is 2.27. The van der Waals surface area contributed by atoms with Crippen molar-refractivity contribution in [3.63, 3.8) is 0 Å². The summed E-state index contributed by atoms with van der Waals surface area (Å²) in [5, 5.41) is 25.8. The summed E-state index contributed by atoms with van der Waals surface area (Å²) in [5.41, 5.74) is -0.881. The maximum absolute atomic E-state index is 11.7. The number of ether oxygens (including phenoxy) is 1. The Morgan fingerprint density at radius 1 is 0.862 bits per heavy atom. The van der Waals surface area contributed by atoms with Gasteiger partial charge in [0.15, 0.2) is 0 Å². The molecule has 0 aliphatic carbocycles. The molecule has 0 unspecified atom stereocenters. The molecule has 1 heterocycles. The third-order valence-electron chi connectivity index (χ3n) is 3.71. The van der Waals surface area contributed by atoms with Crippen LogP contribution in [0.4, 0.5) is 16.2 Å². The van der Waals surface area contributed by atoms with E-state index in [1.807, 2.05) is 10.6 Å². The molecule has 0 aromatic heterocycles. The van der Waals surface area contributed by atoms with Crippen molar-refractivity contribution in [2.24, 2.45) is 0 Å². The van der Waals surface area contributed by atoms with E-state index in [9.17, 15) is 34.6 Å². The lowest BCUT2D eigenvalue weighted by molar-refractivity contribution is -0.394. The molecule has 3 rings (SSSR count). The highest BCUT2D eigenvalue weighted by atomic mass is 16.6. The Hall–Kier alpha value is -4.61. The Bertz CT molecular complexity index is 1070. The van der Waals surface area contributed by atoms with Crippen molar-refractivity contribution in [2.75, 3.05) is 0 Å². The average Bonchev–Trinajstić information content (AvgIpc) is 2.66. The molecule has 0 radical (unpaired) electrons. The summed E-state index contributed by atoms with van der Waals surface area (Å²) >= 11 is 0. The molecular weight excluding hydrogens is 388 g/mol. The normalized spacial score (nSPS) is 13.4. The fourth-order valence-electron chi connectivity index (χ4n) is 2.38. The Labute approximate surface area is 161 Å². The minimum Gasteiger partial charge on any atom is -0.450 e. The summed E-state index contributed by atoms with van der Waals surface area (Å²) in [5.74, 6) is -1.71. The molecule has 0 atom stereocenters. The lowest BCUT2D eigenvalue weighted by Gasteiger charge is -2.13. The number of imide groups is 2. The molecule has 2 aromatic carbocycles. The first kappa shape index (κ1) is 19.2. The molecule has 1 aliphatic heterocycles. The molecule has 12 heteroatoms. The van der Waals surface area contributed by atoms with E-state index in [-0.39, 0.29) is 17.1 Å². The van der Waals surface area contributed by atoms with E-state index in [0.29, 0.717) is 5.56 Å². The molecule has 1 fully saturated rings. The SMILES string of the molecule is O=C1NC(=O)C(=Cc2ccc(Oc3ccc([N+](=O)[O-])cc3[N+](=O)[O-])cc2)C(=O)N1. The minimum atomic E-state index is -0.911. The van der Waals surface area contributed by atoms with Crippen LogP contribution < -0.4 is 15.4 Å². The van der Waals surface area contributed by atoms with Crippen LogP contribution in [-0.2, 0) is 9.59 Å². The van der Waals surface area contributed by atoms with Crippen LogP contribution in [0.1, 0.15) is 5.56 Å². The number of urea groups is 1. The van der Waals surface area contributed by atoms with Crippen molar-refractivity contribution in [3.8, 4) is 11.5 Å². The van der Waals surface area contributed by atoms with Gasteiger partial charge < -0.3 is 4.74 Å². The monoisotopic (exact) mass is 398 g/mol. The van der Waals surface area contributed by atoms with Gasteiger partial charge in [-0.1, -0.05) is 12.1 Å². The number of hydrogen-bond acceptors (Lipinski definition) is 8. The number of nitrogens with zero attached hydrogens (tertiary/aromatic N) is 2. The number of barbiturate groups is 1. The number of hydrogen-bond donors (Lipinski definition) is 2. The van der Waals surface area contributed by atoms with Gasteiger partial charge in [-0.2, -0.15) is 0 Å². The maximum Gasteiger partial charge on any atom is 0.328 e. The molecule has 0 saturated carbocycles. The van der Waals surface area contributed by atoms with Crippen LogP contribution in [-0.4, -0.2) is 27.7 Å². The molecule has 0 spiro atoms. The molecule has 2 aromatic rings. The molecule has 1 aliphatic rings. The number of non-ortho nitro benzene ring substituents is 1. The summed E-state index contributed by atoms with van der Waals surface area (Å²) in [6.45, 7) is 0. The van der Waals surface area contributed by atoms with E-state index >= 15 is 0 Å². The van der Waals surface area contributed by atoms with E-state index in [1.165, 1.54) is 30.3 Å². The highest BCUT2D eigenvalue weighted by Crippen LogP contribution is 2.34. The number of carbonyl (C=O) groups is 3. The highest BCUT2D eigenvalue weighted by molar-refractivity contribution is 6.31. The van der Waals surface area contributed by atoms with Gasteiger partial charge in [-0.3, -0.25) is 40.5 Å². The van der Waals surface area contributed by atoms with E-state index in [4.69, 9.17) is 4.74 Å². The lowest BCUT2D eigenvalue weighted by atomic mass is 10.1. The van der Waals surface area contributed by atoms with Gasteiger partial charge in [-0.25, -0.2) is 4.79 Å². The van der Waals surface area contributed by atoms with Gasteiger partial charge in [-0.05, 0) is 29.8 Å². The van der Waals surface area contributed by atoms with Crippen LogP contribution in [0.5, 0.6) is 11.5 Å². The molecular formula is C17H10N4O8. The second-order valence-corrected chi connectivity index (χ2v) is 5.63. The van der Waals surface area contributed by atoms with E-state index in [2.05, 4.69) is 0 Å². The van der Waals surface area contributed by atoms with Crippen LogP contribution in [0, 0.1) is 20.2 Å². The van der Waals surface area contributed by atoms with Crippen LogP contribution in [0.25, 0.3) is 6.08 Å². The van der Waals surface area contributed by atoms with Crippen molar-refractivity contribution < 1.29 is 29.0 Å². The summed E-state index contributed by atoms with van der Waals surface area (Å²) < 4.78 is 5.42. The van der Waals surface area contributed by atoms with Crippen LogP contribution in [0.3, 0.4) is 0 Å². The van der Waals surface area contributed by atoms with Gasteiger partial charge >= 0.3 is 11.7 Å². The zero-order valence-corrected chi connectivity index (χ0v) is 14.3. The van der Waals surface area contributed by atoms with Gasteiger partial charge in [-0.15, -0.1) is 0 Å². The Morgan fingerprint density at radius 2 is 1.48 bits per heavy atom. The minimum absolute atomic E-state index is 0.178. The number of nitro benzene ring substituents is 2. The average molecular weight is 398 g/mol. The van der Waals surface area contributed by atoms with E-state index in [0.717, 1.165) is 18.2 Å². The van der Waals surface area contributed by atoms with Gasteiger partial charge in [0.05, 0.1) is 15.9 Å². The van der Waals surface area contributed by atoms with Crippen LogP contribution in [0.15, 0.2) is 48.0 Å². The molecule has 12 nitrogen and oxygen atoms in total. The third-order valence-corrected chi connectivity index (χ3v) is 3.71. The quantitative estimate of drug-likeness (QED) is 0.333. The predicted molar refractivity (Wildman–Crippen MR) is 95.9 cm³/mol. The van der Waals surface area contributed by atoms with Gasteiger partial charge in [0.1, 0.15) is 11.3 Å². The Balaban J connectivity index is 1.83. The molecule has 2 N–H and O–H groups in total. The zero-order chi connectivity index (χ0) is 21.1.